The van der Waals surface area contributed by atoms with Crippen molar-refractivity contribution in [2.45, 2.75) is 89.6 Å². The van der Waals surface area contributed by atoms with Crippen molar-refractivity contribution in [3.05, 3.63) is 25.3 Å². The lowest BCUT2D eigenvalue weighted by Gasteiger charge is -2.32. The molecule has 23 heavy (non-hydrogen) atoms. The largest absolute Gasteiger partial charge is 0.374 e. The van der Waals surface area contributed by atoms with E-state index in [0.29, 0.717) is 6.10 Å². The Balaban J connectivity index is 1.52. The van der Waals surface area contributed by atoms with Gasteiger partial charge in [-0.05, 0) is 56.3 Å². The monoisotopic (exact) mass is 318 g/mol. The Morgan fingerprint density at radius 2 is 1.22 bits per heavy atom. The van der Waals surface area contributed by atoms with Crippen LogP contribution in [0.1, 0.15) is 83.5 Å². The number of allylic oxidation sites excluding steroid dienone is 1. The molecule has 2 aliphatic rings. The standard InChI is InChI=1S/C22H38O/c1-3-5-6-7-19-8-10-20(11-9-19)12-13-21-14-16-22(17-15-21)23-18-4-2/h3-4,19-22H,1-2,5-18H2/t19-,20-,21-,22-. The van der Waals surface area contributed by atoms with Crippen LogP contribution in [-0.4, -0.2) is 12.7 Å². The van der Waals surface area contributed by atoms with E-state index in [-0.39, 0.29) is 0 Å². The summed E-state index contributed by atoms with van der Waals surface area (Å²) in [4.78, 5) is 0. The Morgan fingerprint density at radius 1 is 0.696 bits per heavy atom. The van der Waals surface area contributed by atoms with E-state index < -0.39 is 0 Å². The maximum Gasteiger partial charge on any atom is 0.0648 e. The predicted molar refractivity (Wildman–Crippen MR) is 101 cm³/mol. The molecule has 1 heteroatoms. The van der Waals surface area contributed by atoms with Crippen molar-refractivity contribution in [1.82, 2.24) is 0 Å². The lowest BCUT2D eigenvalue weighted by Crippen LogP contribution is -2.22. The molecule has 0 aliphatic heterocycles. The first-order valence-corrected chi connectivity index (χ1v) is 10.1. The van der Waals surface area contributed by atoms with E-state index in [1.54, 1.807) is 0 Å². The fourth-order valence-corrected chi connectivity index (χ4v) is 4.62. The summed E-state index contributed by atoms with van der Waals surface area (Å²) < 4.78 is 5.80. The van der Waals surface area contributed by atoms with Crippen molar-refractivity contribution >= 4 is 0 Å². The first-order valence-electron chi connectivity index (χ1n) is 10.1. The summed E-state index contributed by atoms with van der Waals surface area (Å²) in [6.45, 7) is 8.30. The zero-order valence-electron chi connectivity index (χ0n) is 15.2. The SMILES string of the molecule is C=CCCC[C@H]1CC[C@H](CC[C@H]2CC[C@H](OCC=C)CC2)CC1. The van der Waals surface area contributed by atoms with Gasteiger partial charge in [-0.2, -0.15) is 0 Å². The first-order chi connectivity index (χ1) is 11.3. The molecule has 0 amide bonds. The van der Waals surface area contributed by atoms with Crippen LogP contribution >= 0.6 is 0 Å². The maximum atomic E-state index is 5.80. The molecule has 0 aromatic heterocycles. The molecule has 0 spiro atoms. The topological polar surface area (TPSA) is 9.23 Å². The summed E-state index contributed by atoms with van der Waals surface area (Å²) in [6.07, 6.45) is 22.7. The molecule has 0 saturated heterocycles. The average molecular weight is 319 g/mol. The first kappa shape index (κ1) is 18.8. The van der Waals surface area contributed by atoms with E-state index in [0.717, 1.165) is 24.4 Å². The second-order valence-electron chi connectivity index (χ2n) is 7.95. The quantitative estimate of drug-likeness (QED) is 0.322. The molecule has 0 N–H and O–H groups in total. The summed E-state index contributed by atoms with van der Waals surface area (Å²) in [5, 5.41) is 0. The third kappa shape index (κ3) is 7.25. The van der Waals surface area contributed by atoms with Gasteiger partial charge < -0.3 is 4.74 Å². The third-order valence-electron chi connectivity index (χ3n) is 6.21. The fourth-order valence-electron chi connectivity index (χ4n) is 4.62. The van der Waals surface area contributed by atoms with Gasteiger partial charge in [-0.3, -0.25) is 0 Å². The third-order valence-corrected chi connectivity index (χ3v) is 6.21. The molecule has 0 heterocycles. The second-order valence-corrected chi connectivity index (χ2v) is 7.95. The van der Waals surface area contributed by atoms with Gasteiger partial charge >= 0.3 is 0 Å². The van der Waals surface area contributed by atoms with E-state index in [9.17, 15) is 0 Å². The van der Waals surface area contributed by atoms with Gasteiger partial charge in [0.05, 0.1) is 12.7 Å². The smallest absolute Gasteiger partial charge is 0.0648 e. The normalized spacial score (nSPS) is 31.7. The minimum absolute atomic E-state index is 0.509. The van der Waals surface area contributed by atoms with Gasteiger partial charge in [0, 0.05) is 0 Å². The number of unbranched alkanes of at least 4 members (excludes halogenated alkanes) is 1. The highest BCUT2D eigenvalue weighted by Gasteiger charge is 2.24. The van der Waals surface area contributed by atoms with E-state index in [4.69, 9.17) is 4.74 Å². The molecule has 132 valence electrons. The lowest BCUT2D eigenvalue weighted by atomic mass is 9.76. The zero-order chi connectivity index (χ0) is 16.3. The molecule has 2 saturated carbocycles. The average Bonchev–Trinajstić information content (AvgIpc) is 2.60. The van der Waals surface area contributed by atoms with Crippen molar-refractivity contribution in [2.75, 3.05) is 6.61 Å². The van der Waals surface area contributed by atoms with Crippen LogP contribution in [0.15, 0.2) is 25.3 Å². The molecule has 0 aromatic carbocycles. The Bertz CT molecular complexity index is 319. The minimum Gasteiger partial charge on any atom is -0.374 e. The Labute approximate surface area is 144 Å². The second kappa shape index (κ2) is 11.1. The van der Waals surface area contributed by atoms with Crippen LogP contribution in [-0.2, 0) is 4.74 Å². The van der Waals surface area contributed by atoms with Gasteiger partial charge in [-0.25, -0.2) is 0 Å². The van der Waals surface area contributed by atoms with Crippen LogP contribution in [0.4, 0.5) is 0 Å². The molecule has 0 atom stereocenters. The highest BCUT2D eigenvalue weighted by atomic mass is 16.5. The molecule has 2 rings (SSSR count). The zero-order valence-corrected chi connectivity index (χ0v) is 15.2. The van der Waals surface area contributed by atoms with Crippen LogP contribution in [0.5, 0.6) is 0 Å². The molecule has 2 aliphatic carbocycles. The van der Waals surface area contributed by atoms with Crippen LogP contribution in [0.25, 0.3) is 0 Å². The molecular formula is C22H38O. The van der Waals surface area contributed by atoms with Crippen molar-refractivity contribution in [1.29, 1.82) is 0 Å². The minimum atomic E-state index is 0.509. The van der Waals surface area contributed by atoms with Crippen LogP contribution in [0.3, 0.4) is 0 Å². The molecular weight excluding hydrogens is 280 g/mol. The number of rotatable bonds is 10. The summed E-state index contributed by atoms with van der Waals surface area (Å²) in [6, 6.07) is 0. The molecule has 0 aromatic rings. The van der Waals surface area contributed by atoms with E-state index >= 15 is 0 Å². The van der Waals surface area contributed by atoms with Crippen LogP contribution in [0.2, 0.25) is 0 Å². The maximum absolute atomic E-state index is 5.80. The highest BCUT2D eigenvalue weighted by molar-refractivity contribution is 4.78. The molecule has 0 radical (unpaired) electrons. The lowest BCUT2D eigenvalue weighted by molar-refractivity contribution is 0.0326. The summed E-state index contributed by atoms with van der Waals surface area (Å²) >= 11 is 0. The molecule has 2 fully saturated rings. The molecule has 0 bridgehead atoms. The van der Waals surface area contributed by atoms with E-state index in [1.807, 2.05) is 6.08 Å². The van der Waals surface area contributed by atoms with E-state index in [1.165, 1.54) is 83.5 Å². The molecule has 0 unspecified atom stereocenters. The van der Waals surface area contributed by atoms with Crippen molar-refractivity contribution in [3.63, 3.8) is 0 Å². The summed E-state index contributed by atoms with van der Waals surface area (Å²) in [5.74, 6) is 3.02. The van der Waals surface area contributed by atoms with Gasteiger partial charge in [0.15, 0.2) is 0 Å². The fraction of sp³-hybridized carbons (Fsp3) is 0.818. The van der Waals surface area contributed by atoms with Gasteiger partial charge in [0.25, 0.3) is 0 Å². The Hall–Kier alpha value is -0.560. The van der Waals surface area contributed by atoms with E-state index in [2.05, 4.69) is 19.2 Å². The van der Waals surface area contributed by atoms with Crippen molar-refractivity contribution in [2.24, 2.45) is 17.8 Å². The number of hydrogen-bond acceptors (Lipinski definition) is 1. The van der Waals surface area contributed by atoms with Crippen LogP contribution in [0, 0.1) is 17.8 Å². The van der Waals surface area contributed by atoms with Crippen LogP contribution < -0.4 is 0 Å². The van der Waals surface area contributed by atoms with Gasteiger partial charge in [-0.1, -0.05) is 57.1 Å². The number of hydrogen-bond donors (Lipinski definition) is 0. The number of ether oxygens (including phenoxy) is 1. The van der Waals surface area contributed by atoms with Gasteiger partial charge in [0.1, 0.15) is 0 Å². The summed E-state index contributed by atoms with van der Waals surface area (Å²) in [5.41, 5.74) is 0. The highest BCUT2D eigenvalue weighted by Crippen LogP contribution is 2.37. The molecule has 1 nitrogen and oxygen atoms in total. The van der Waals surface area contributed by atoms with Gasteiger partial charge in [0.2, 0.25) is 0 Å². The van der Waals surface area contributed by atoms with Crippen molar-refractivity contribution < 1.29 is 4.74 Å². The summed E-state index contributed by atoms with van der Waals surface area (Å²) in [7, 11) is 0. The predicted octanol–water partition coefficient (Wildman–Crippen LogP) is 6.69. The van der Waals surface area contributed by atoms with Gasteiger partial charge in [-0.15, -0.1) is 13.2 Å². The van der Waals surface area contributed by atoms with Crippen molar-refractivity contribution in [3.8, 4) is 0 Å². The Kier molecular flexibility index (Phi) is 9.04. The Morgan fingerprint density at radius 3 is 1.74 bits per heavy atom.